The molecule has 0 atom stereocenters. The van der Waals surface area contributed by atoms with Crippen LogP contribution in [0.4, 0.5) is 5.69 Å². The third kappa shape index (κ3) is 3.45. The average molecular weight is 229 g/mol. The Hall–Kier alpha value is -2.10. The fraction of sp³-hybridized carbons (Fsp3) is 0.231. The second-order valence-corrected chi connectivity index (χ2v) is 3.48. The van der Waals surface area contributed by atoms with Crippen molar-refractivity contribution in [3.8, 4) is 5.75 Å². The summed E-state index contributed by atoms with van der Waals surface area (Å²) in [5, 5.41) is 3.25. The lowest BCUT2D eigenvalue weighted by Crippen LogP contribution is -2.03. The van der Waals surface area contributed by atoms with Crippen LogP contribution in [0, 0.1) is 0 Å². The molecular formula is C13H15N3O. The van der Waals surface area contributed by atoms with Gasteiger partial charge in [0.1, 0.15) is 11.6 Å². The van der Waals surface area contributed by atoms with Crippen LogP contribution >= 0.6 is 0 Å². The van der Waals surface area contributed by atoms with Gasteiger partial charge in [0.05, 0.1) is 13.2 Å². The number of hydrogen-bond donors (Lipinski definition) is 1. The highest BCUT2D eigenvalue weighted by Gasteiger charge is 1.97. The summed E-state index contributed by atoms with van der Waals surface area (Å²) in [4.78, 5) is 8.30. The van der Waals surface area contributed by atoms with Crippen LogP contribution < -0.4 is 10.1 Å². The Morgan fingerprint density at radius 1 is 1.18 bits per heavy atom. The van der Waals surface area contributed by atoms with Crippen molar-refractivity contribution in [1.29, 1.82) is 0 Å². The van der Waals surface area contributed by atoms with Gasteiger partial charge in [0.15, 0.2) is 0 Å². The van der Waals surface area contributed by atoms with Crippen molar-refractivity contribution in [1.82, 2.24) is 9.97 Å². The van der Waals surface area contributed by atoms with Crippen molar-refractivity contribution in [3.63, 3.8) is 0 Å². The highest BCUT2D eigenvalue weighted by Crippen LogP contribution is 2.17. The quantitative estimate of drug-likeness (QED) is 0.855. The molecule has 0 radical (unpaired) electrons. The minimum absolute atomic E-state index is 0.608. The zero-order valence-corrected chi connectivity index (χ0v) is 9.76. The molecule has 0 aliphatic heterocycles. The van der Waals surface area contributed by atoms with E-state index in [0.29, 0.717) is 13.2 Å². The minimum Gasteiger partial charge on any atom is -0.494 e. The maximum Gasteiger partial charge on any atom is 0.147 e. The molecule has 0 bridgehead atoms. The number of benzene rings is 1. The summed E-state index contributed by atoms with van der Waals surface area (Å²) in [5.74, 6) is 1.64. The molecular weight excluding hydrogens is 214 g/mol. The third-order valence-corrected chi connectivity index (χ3v) is 2.21. The lowest BCUT2D eigenvalue weighted by atomic mass is 10.3. The molecule has 1 heterocycles. The summed E-state index contributed by atoms with van der Waals surface area (Å²) in [6, 6.07) is 9.66. The SMILES string of the molecule is CCOc1cccc(NCc2ncccn2)c1. The number of anilines is 1. The molecule has 2 aromatic rings. The van der Waals surface area contributed by atoms with Gasteiger partial charge in [0.25, 0.3) is 0 Å². The van der Waals surface area contributed by atoms with E-state index in [1.807, 2.05) is 31.2 Å². The molecule has 0 saturated carbocycles. The molecule has 2 rings (SSSR count). The molecule has 1 aromatic heterocycles. The maximum absolute atomic E-state index is 5.43. The Morgan fingerprint density at radius 3 is 2.76 bits per heavy atom. The van der Waals surface area contributed by atoms with Crippen molar-refractivity contribution >= 4 is 5.69 Å². The average Bonchev–Trinajstić information content (AvgIpc) is 2.39. The number of rotatable bonds is 5. The van der Waals surface area contributed by atoms with Crippen molar-refractivity contribution in [2.24, 2.45) is 0 Å². The number of ether oxygens (including phenoxy) is 1. The first kappa shape index (κ1) is 11.4. The van der Waals surface area contributed by atoms with E-state index in [-0.39, 0.29) is 0 Å². The van der Waals surface area contributed by atoms with Crippen LogP contribution in [0.5, 0.6) is 5.75 Å². The number of hydrogen-bond acceptors (Lipinski definition) is 4. The molecule has 0 amide bonds. The summed E-state index contributed by atoms with van der Waals surface area (Å²) in [5.41, 5.74) is 1.00. The maximum atomic E-state index is 5.43. The predicted octanol–water partition coefficient (Wildman–Crippen LogP) is 2.49. The fourth-order valence-corrected chi connectivity index (χ4v) is 1.46. The topological polar surface area (TPSA) is 47.0 Å². The normalized spacial score (nSPS) is 9.94. The molecule has 0 aliphatic rings. The van der Waals surface area contributed by atoms with Gasteiger partial charge in [0, 0.05) is 24.1 Å². The highest BCUT2D eigenvalue weighted by atomic mass is 16.5. The first-order chi connectivity index (χ1) is 8.38. The number of nitrogens with one attached hydrogen (secondary N) is 1. The van der Waals surface area contributed by atoms with Crippen molar-refractivity contribution in [3.05, 3.63) is 48.5 Å². The van der Waals surface area contributed by atoms with Crippen LogP contribution in [-0.2, 0) is 6.54 Å². The summed E-state index contributed by atoms with van der Waals surface area (Å²) in [6.45, 7) is 3.25. The summed E-state index contributed by atoms with van der Waals surface area (Å²) < 4.78 is 5.43. The van der Waals surface area contributed by atoms with E-state index in [9.17, 15) is 0 Å². The van der Waals surface area contributed by atoms with Crippen molar-refractivity contribution in [2.75, 3.05) is 11.9 Å². The number of nitrogens with zero attached hydrogens (tertiary/aromatic N) is 2. The molecule has 17 heavy (non-hydrogen) atoms. The van der Waals surface area contributed by atoms with Crippen LogP contribution in [0.2, 0.25) is 0 Å². The van der Waals surface area contributed by atoms with Gasteiger partial charge in [-0.2, -0.15) is 0 Å². The van der Waals surface area contributed by atoms with Crippen molar-refractivity contribution < 1.29 is 4.74 Å². The Morgan fingerprint density at radius 2 is 2.00 bits per heavy atom. The summed E-state index contributed by atoms with van der Waals surface area (Å²) >= 11 is 0. The molecule has 0 spiro atoms. The van der Waals surface area contributed by atoms with Crippen LogP contribution in [0.1, 0.15) is 12.7 Å². The lowest BCUT2D eigenvalue weighted by molar-refractivity contribution is 0.340. The molecule has 88 valence electrons. The largest absolute Gasteiger partial charge is 0.494 e. The Bertz CT molecular complexity index is 459. The van der Waals surface area contributed by atoms with Crippen LogP contribution in [-0.4, -0.2) is 16.6 Å². The number of aromatic nitrogens is 2. The van der Waals surface area contributed by atoms with E-state index in [1.165, 1.54) is 0 Å². The fourth-order valence-electron chi connectivity index (χ4n) is 1.46. The van der Waals surface area contributed by atoms with Gasteiger partial charge in [-0.15, -0.1) is 0 Å². The molecule has 1 aromatic carbocycles. The standard InChI is InChI=1S/C13H15N3O/c1-2-17-12-6-3-5-11(9-12)16-10-13-14-7-4-8-15-13/h3-9,16H,2,10H2,1H3. The molecule has 0 fully saturated rings. The Kier molecular flexibility index (Phi) is 3.91. The first-order valence-electron chi connectivity index (χ1n) is 5.61. The second kappa shape index (κ2) is 5.84. The second-order valence-electron chi connectivity index (χ2n) is 3.48. The van der Waals surface area contributed by atoms with Gasteiger partial charge in [-0.25, -0.2) is 9.97 Å². The Balaban J connectivity index is 1.97. The van der Waals surface area contributed by atoms with E-state index in [2.05, 4.69) is 15.3 Å². The van der Waals surface area contributed by atoms with E-state index in [0.717, 1.165) is 17.3 Å². The smallest absolute Gasteiger partial charge is 0.147 e. The molecule has 0 aliphatic carbocycles. The van der Waals surface area contributed by atoms with Crippen LogP contribution in [0.3, 0.4) is 0 Å². The first-order valence-corrected chi connectivity index (χ1v) is 5.61. The van der Waals surface area contributed by atoms with Crippen LogP contribution in [0.15, 0.2) is 42.7 Å². The molecule has 4 heteroatoms. The highest BCUT2D eigenvalue weighted by molar-refractivity contribution is 5.48. The zero-order chi connectivity index (χ0) is 11.9. The van der Waals surface area contributed by atoms with E-state index >= 15 is 0 Å². The van der Waals surface area contributed by atoms with Crippen molar-refractivity contribution in [2.45, 2.75) is 13.5 Å². The summed E-state index contributed by atoms with van der Waals surface area (Å²) in [7, 11) is 0. The van der Waals surface area contributed by atoms with Gasteiger partial charge < -0.3 is 10.1 Å². The van der Waals surface area contributed by atoms with Gasteiger partial charge >= 0.3 is 0 Å². The van der Waals surface area contributed by atoms with E-state index in [1.54, 1.807) is 18.5 Å². The van der Waals surface area contributed by atoms with Gasteiger partial charge in [-0.3, -0.25) is 0 Å². The van der Waals surface area contributed by atoms with Gasteiger partial charge in [-0.05, 0) is 25.1 Å². The predicted molar refractivity (Wildman–Crippen MR) is 67.0 cm³/mol. The Labute approximate surface area is 101 Å². The van der Waals surface area contributed by atoms with E-state index in [4.69, 9.17) is 4.74 Å². The molecule has 4 nitrogen and oxygen atoms in total. The van der Waals surface area contributed by atoms with Gasteiger partial charge in [0.2, 0.25) is 0 Å². The minimum atomic E-state index is 0.608. The molecule has 0 saturated heterocycles. The van der Waals surface area contributed by atoms with Gasteiger partial charge in [-0.1, -0.05) is 6.07 Å². The lowest BCUT2D eigenvalue weighted by Gasteiger charge is -2.07. The monoisotopic (exact) mass is 229 g/mol. The third-order valence-electron chi connectivity index (χ3n) is 2.21. The van der Waals surface area contributed by atoms with Crippen LogP contribution in [0.25, 0.3) is 0 Å². The summed E-state index contributed by atoms with van der Waals surface area (Å²) in [6.07, 6.45) is 3.47. The zero-order valence-electron chi connectivity index (χ0n) is 9.76. The molecule has 1 N–H and O–H groups in total. The molecule has 0 unspecified atom stereocenters. The van der Waals surface area contributed by atoms with E-state index < -0.39 is 0 Å².